The van der Waals surface area contributed by atoms with E-state index >= 15 is 0 Å². The van der Waals surface area contributed by atoms with E-state index in [1.54, 1.807) is 14.0 Å². The van der Waals surface area contributed by atoms with Crippen LogP contribution in [0.5, 0.6) is 0 Å². The van der Waals surface area contributed by atoms with Crippen molar-refractivity contribution < 1.29 is 14.4 Å². The number of benzene rings is 1. The van der Waals surface area contributed by atoms with Crippen LogP contribution < -0.4 is 11.1 Å². The highest BCUT2D eigenvalue weighted by Gasteiger charge is 2.35. The second kappa shape index (κ2) is 7.81. The highest BCUT2D eigenvalue weighted by molar-refractivity contribution is 5.91. The van der Waals surface area contributed by atoms with Gasteiger partial charge >= 0.3 is 6.03 Å². The van der Waals surface area contributed by atoms with Crippen molar-refractivity contribution >= 4 is 17.8 Å². The Labute approximate surface area is 141 Å². The minimum absolute atomic E-state index is 0.280. The zero-order valence-electron chi connectivity index (χ0n) is 14.1. The molecule has 7 nitrogen and oxygen atoms in total. The van der Waals surface area contributed by atoms with E-state index in [1.165, 1.54) is 9.80 Å². The summed E-state index contributed by atoms with van der Waals surface area (Å²) in [6.45, 7) is 2.56. The number of nitrogens with two attached hydrogens (primary N) is 1. The largest absolute Gasteiger partial charge is 0.368 e. The first-order valence-corrected chi connectivity index (χ1v) is 8.05. The standard InChI is InChI=1S/C17H24N4O3/c1-12(16(23)21-10-6-9-14(21)15(18)22)19-17(24)20(2)11-13-7-4-3-5-8-13/h3-5,7-8,12,14H,6,9-11H2,1-2H3,(H2,18,22)(H,19,24)/t12-,14?/m0/s1. The third-order valence-electron chi connectivity index (χ3n) is 4.18. The van der Waals surface area contributed by atoms with Crippen molar-refractivity contribution in [1.29, 1.82) is 0 Å². The Bertz CT molecular complexity index is 605. The quantitative estimate of drug-likeness (QED) is 0.830. The molecule has 1 saturated heterocycles. The molecule has 0 aromatic heterocycles. The Kier molecular flexibility index (Phi) is 5.78. The number of amides is 4. The molecule has 1 aromatic carbocycles. The maximum Gasteiger partial charge on any atom is 0.318 e. The third-order valence-corrected chi connectivity index (χ3v) is 4.18. The van der Waals surface area contributed by atoms with Gasteiger partial charge in [-0.1, -0.05) is 30.3 Å². The van der Waals surface area contributed by atoms with Gasteiger partial charge in [-0.25, -0.2) is 4.79 Å². The second-order valence-electron chi connectivity index (χ2n) is 6.10. The van der Waals surface area contributed by atoms with Crippen LogP contribution in [0.15, 0.2) is 30.3 Å². The molecule has 2 rings (SSSR count). The van der Waals surface area contributed by atoms with Crippen LogP contribution in [0.25, 0.3) is 0 Å². The van der Waals surface area contributed by atoms with Gasteiger partial charge in [-0.05, 0) is 25.3 Å². The van der Waals surface area contributed by atoms with Crippen LogP contribution in [-0.4, -0.2) is 53.3 Å². The fraction of sp³-hybridized carbons (Fsp3) is 0.471. The van der Waals surface area contributed by atoms with E-state index in [4.69, 9.17) is 5.73 Å². The van der Waals surface area contributed by atoms with Gasteiger partial charge in [0.25, 0.3) is 0 Å². The summed E-state index contributed by atoms with van der Waals surface area (Å²) in [5.41, 5.74) is 6.34. The first kappa shape index (κ1) is 17.8. The molecular formula is C17H24N4O3. The van der Waals surface area contributed by atoms with Gasteiger partial charge in [0.2, 0.25) is 11.8 Å². The van der Waals surface area contributed by atoms with Gasteiger partial charge in [-0.2, -0.15) is 0 Å². The highest BCUT2D eigenvalue weighted by atomic mass is 16.2. The molecule has 7 heteroatoms. The fourth-order valence-electron chi connectivity index (χ4n) is 2.86. The number of likely N-dealkylation sites (tertiary alicyclic amines) is 1. The van der Waals surface area contributed by atoms with E-state index in [-0.39, 0.29) is 11.9 Å². The van der Waals surface area contributed by atoms with Crippen LogP contribution in [0.1, 0.15) is 25.3 Å². The summed E-state index contributed by atoms with van der Waals surface area (Å²) in [6.07, 6.45) is 1.32. The Hall–Kier alpha value is -2.57. The van der Waals surface area contributed by atoms with Crippen LogP contribution in [0.4, 0.5) is 4.79 Å². The van der Waals surface area contributed by atoms with E-state index < -0.39 is 18.0 Å². The molecule has 130 valence electrons. The van der Waals surface area contributed by atoms with Crippen molar-refractivity contribution in [2.75, 3.05) is 13.6 Å². The number of nitrogens with one attached hydrogen (secondary N) is 1. The molecule has 0 bridgehead atoms. The number of urea groups is 1. The summed E-state index contributed by atoms with van der Waals surface area (Å²) in [4.78, 5) is 39.1. The Morgan fingerprint density at radius 2 is 2.00 bits per heavy atom. The van der Waals surface area contributed by atoms with Gasteiger partial charge in [-0.15, -0.1) is 0 Å². The minimum Gasteiger partial charge on any atom is -0.368 e. The lowest BCUT2D eigenvalue weighted by Gasteiger charge is -2.27. The van der Waals surface area contributed by atoms with E-state index in [0.717, 1.165) is 12.0 Å². The Morgan fingerprint density at radius 1 is 1.33 bits per heavy atom. The van der Waals surface area contributed by atoms with Gasteiger partial charge in [0, 0.05) is 20.1 Å². The fourth-order valence-corrected chi connectivity index (χ4v) is 2.86. The van der Waals surface area contributed by atoms with Gasteiger partial charge in [0.05, 0.1) is 0 Å². The summed E-state index contributed by atoms with van der Waals surface area (Å²) in [6, 6.07) is 7.97. The summed E-state index contributed by atoms with van der Waals surface area (Å²) in [5.74, 6) is -0.779. The summed E-state index contributed by atoms with van der Waals surface area (Å²) < 4.78 is 0. The summed E-state index contributed by atoms with van der Waals surface area (Å²) >= 11 is 0. The second-order valence-corrected chi connectivity index (χ2v) is 6.10. The molecule has 0 aliphatic carbocycles. The lowest BCUT2D eigenvalue weighted by atomic mass is 10.2. The molecule has 24 heavy (non-hydrogen) atoms. The van der Waals surface area contributed by atoms with Crippen LogP contribution in [0, 0.1) is 0 Å². The first-order chi connectivity index (χ1) is 11.4. The predicted molar refractivity (Wildman–Crippen MR) is 89.8 cm³/mol. The molecule has 1 heterocycles. The normalized spacial score (nSPS) is 18.1. The average Bonchev–Trinajstić information content (AvgIpc) is 3.04. The lowest BCUT2D eigenvalue weighted by Crippen LogP contribution is -2.53. The van der Waals surface area contributed by atoms with Crippen molar-refractivity contribution in [3.63, 3.8) is 0 Å². The number of carbonyl (C=O) groups is 3. The van der Waals surface area contributed by atoms with Gasteiger partial charge < -0.3 is 20.9 Å². The molecule has 1 aliphatic rings. The Balaban J connectivity index is 1.90. The van der Waals surface area contributed by atoms with Crippen molar-refractivity contribution in [2.45, 2.75) is 38.4 Å². The molecule has 1 aromatic rings. The van der Waals surface area contributed by atoms with Gasteiger partial charge in [0.15, 0.2) is 0 Å². The molecule has 0 spiro atoms. The summed E-state index contributed by atoms with van der Waals surface area (Å²) in [5, 5.41) is 2.68. The maximum absolute atomic E-state index is 12.5. The molecule has 3 N–H and O–H groups in total. The van der Waals surface area contributed by atoms with E-state index in [2.05, 4.69) is 5.32 Å². The van der Waals surface area contributed by atoms with Crippen molar-refractivity contribution in [2.24, 2.45) is 5.73 Å². The Morgan fingerprint density at radius 3 is 2.62 bits per heavy atom. The van der Waals surface area contributed by atoms with Crippen molar-refractivity contribution in [1.82, 2.24) is 15.1 Å². The molecule has 0 radical (unpaired) electrons. The van der Waals surface area contributed by atoms with E-state index in [1.807, 2.05) is 30.3 Å². The molecule has 4 amide bonds. The smallest absolute Gasteiger partial charge is 0.318 e. The number of nitrogens with zero attached hydrogens (tertiary/aromatic N) is 2. The number of rotatable bonds is 5. The molecule has 0 saturated carbocycles. The van der Waals surface area contributed by atoms with Crippen molar-refractivity contribution in [3.05, 3.63) is 35.9 Å². The highest BCUT2D eigenvalue weighted by Crippen LogP contribution is 2.18. The van der Waals surface area contributed by atoms with Gasteiger partial charge in [-0.3, -0.25) is 9.59 Å². The number of primary amides is 1. The topological polar surface area (TPSA) is 95.7 Å². The zero-order valence-corrected chi connectivity index (χ0v) is 14.1. The molecule has 2 atom stereocenters. The SMILES string of the molecule is C[C@H](NC(=O)N(C)Cc1ccccc1)C(=O)N1CCCC1C(N)=O. The lowest BCUT2D eigenvalue weighted by molar-refractivity contribution is -0.138. The van der Waals surface area contributed by atoms with Crippen molar-refractivity contribution in [3.8, 4) is 0 Å². The monoisotopic (exact) mass is 332 g/mol. The van der Waals surface area contributed by atoms with Crippen LogP contribution in [0.3, 0.4) is 0 Å². The number of hydrogen-bond donors (Lipinski definition) is 2. The number of hydrogen-bond acceptors (Lipinski definition) is 3. The third kappa shape index (κ3) is 4.24. The average molecular weight is 332 g/mol. The predicted octanol–water partition coefficient (Wildman–Crippen LogP) is 0.693. The van der Waals surface area contributed by atoms with E-state index in [9.17, 15) is 14.4 Å². The van der Waals surface area contributed by atoms with Crippen LogP contribution in [0.2, 0.25) is 0 Å². The van der Waals surface area contributed by atoms with Gasteiger partial charge in [0.1, 0.15) is 12.1 Å². The minimum atomic E-state index is -0.712. The summed E-state index contributed by atoms with van der Waals surface area (Å²) in [7, 11) is 1.67. The molecule has 1 fully saturated rings. The first-order valence-electron chi connectivity index (χ1n) is 8.05. The van der Waals surface area contributed by atoms with E-state index in [0.29, 0.717) is 19.5 Å². The zero-order chi connectivity index (χ0) is 17.7. The maximum atomic E-state index is 12.5. The molecule has 1 unspecified atom stereocenters. The molecule has 1 aliphatic heterocycles. The van der Waals surface area contributed by atoms with Crippen LogP contribution >= 0.6 is 0 Å². The molecular weight excluding hydrogens is 308 g/mol. The number of carbonyl (C=O) groups excluding carboxylic acids is 3. The van der Waals surface area contributed by atoms with Crippen LogP contribution in [-0.2, 0) is 16.1 Å².